The molecular formula is C14H18N2O3S. The molecule has 0 radical (unpaired) electrons. The lowest BCUT2D eigenvalue weighted by atomic mass is 10.2. The first-order valence-corrected chi connectivity index (χ1v) is 7.64. The Hall–Kier alpha value is -1.53. The van der Waals surface area contributed by atoms with Crippen molar-refractivity contribution in [3.63, 3.8) is 0 Å². The number of methoxy groups -OCH3 is 1. The average Bonchev–Trinajstić information content (AvgIpc) is 2.47. The molecule has 0 bridgehead atoms. The Morgan fingerprint density at radius 1 is 1.50 bits per heavy atom. The van der Waals surface area contributed by atoms with Crippen LogP contribution in [0, 0.1) is 0 Å². The number of benzene rings is 1. The van der Waals surface area contributed by atoms with E-state index in [9.17, 15) is 9.59 Å². The fourth-order valence-corrected chi connectivity index (χ4v) is 2.98. The van der Waals surface area contributed by atoms with Gasteiger partial charge in [-0.25, -0.2) is 4.79 Å². The van der Waals surface area contributed by atoms with Gasteiger partial charge in [0, 0.05) is 36.2 Å². The van der Waals surface area contributed by atoms with E-state index < -0.39 is 5.97 Å². The summed E-state index contributed by atoms with van der Waals surface area (Å²) in [5, 5.41) is 6.13. The van der Waals surface area contributed by atoms with Gasteiger partial charge in [-0.3, -0.25) is 4.79 Å². The maximum Gasteiger partial charge on any atom is 0.337 e. The Kier molecular flexibility index (Phi) is 5.43. The molecule has 1 saturated heterocycles. The lowest BCUT2D eigenvalue weighted by molar-refractivity contribution is -0.116. The number of rotatable bonds is 4. The fraction of sp³-hybridized carbons (Fsp3) is 0.429. The lowest BCUT2D eigenvalue weighted by Crippen LogP contribution is -2.39. The summed E-state index contributed by atoms with van der Waals surface area (Å²) in [6.07, 6.45) is 0.440. The topological polar surface area (TPSA) is 67.4 Å². The van der Waals surface area contributed by atoms with E-state index >= 15 is 0 Å². The van der Waals surface area contributed by atoms with Gasteiger partial charge in [-0.05, 0) is 18.2 Å². The van der Waals surface area contributed by atoms with E-state index in [1.807, 2.05) is 11.8 Å². The second-order valence-electron chi connectivity index (χ2n) is 4.55. The SMILES string of the molecule is COC(=O)c1cccc(NC(=O)CC2CSCCN2)c1. The minimum absolute atomic E-state index is 0.0491. The van der Waals surface area contributed by atoms with Gasteiger partial charge in [0.15, 0.2) is 0 Å². The fourth-order valence-electron chi connectivity index (χ4n) is 2.03. The van der Waals surface area contributed by atoms with Crippen molar-refractivity contribution in [2.45, 2.75) is 12.5 Å². The van der Waals surface area contributed by atoms with E-state index in [1.165, 1.54) is 7.11 Å². The van der Waals surface area contributed by atoms with Crippen molar-refractivity contribution in [2.24, 2.45) is 0 Å². The van der Waals surface area contributed by atoms with Crippen LogP contribution in [0.3, 0.4) is 0 Å². The molecular weight excluding hydrogens is 276 g/mol. The number of ether oxygens (including phenoxy) is 1. The Bertz CT molecular complexity index is 487. The summed E-state index contributed by atoms with van der Waals surface area (Å²) in [7, 11) is 1.33. The van der Waals surface area contributed by atoms with Crippen LogP contribution >= 0.6 is 11.8 Å². The lowest BCUT2D eigenvalue weighted by Gasteiger charge is -2.22. The molecule has 1 atom stereocenters. The standard InChI is InChI=1S/C14H18N2O3S/c1-19-14(18)10-3-2-4-11(7-10)16-13(17)8-12-9-20-6-5-15-12/h2-4,7,12,15H,5-6,8-9H2,1H3,(H,16,17). The number of anilines is 1. The van der Waals surface area contributed by atoms with Crippen molar-refractivity contribution in [1.29, 1.82) is 0 Å². The van der Waals surface area contributed by atoms with Crippen molar-refractivity contribution in [3.8, 4) is 0 Å². The van der Waals surface area contributed by atoms with Crippen LogP contribution in [0.2, 0.25) is 0 Å². The van der Waals surface area contributed by atoms with E-state index in [4.69, 9.17) is 0 Å². The molecule has 1 amide bonds. The smallest absolute Gasteiger partial charge is 0.337 e. The second kappa shape index (κ2) is 7.31. The summed E-state index contributed by atoms with van der Waals surface area (Å²) < 4.78 is 4.65. The first-order valence-electron chi connectivity index (χ1n) is 6.48. The normalized spacial score (nSPS) is 18.4. The minimum atomic E-state index is -0.411. The van der Waals surface area contributed by atoms with Crippen LogP contribution in [-0.2, 0) is 9.53 Å². The van der Waals surface area contributed by atoms with E-state index in [-0.39, 0.29) is 11.9 Å². The molecule has 20 heavy (non-hydrogen) atoms. The van der Waals surface area contributed by atoms with Crippen LogP contribution in [0.5, 0.6) is 0 Å². The number of thioether (sulfide) groups is 1. The summed E-state index contributed by atoms with van der Waals surface area (Å²) in [5.41, 5.74) is 1.04. The second-order valence-corrected chi connectivity index (χ2v) is 5.70. The third kappa shape index (κ3) is 4.25. The number of carbonyl (C=O) groups excluding carboxylic acids is 2. The van der Waals surface area contributed by atoms with Gasteiger partial charge in [0.05, 0.1) is 12.7 Å². The Morgan fingerprint density at radius 2 is 2.35 bits per heavy atom. The molecule has 108 valence electrons. The molecule has 1 fully saturated rings. The highest BCUT2D eigenvalue weighted by molar-refractivity contribution is 7.99. The Labute approximate surface area is 122 Å². The Morgan fingerprint density at radius 3 is 3.05 bits per heavy atom. The van der Waals surface area contributed by atoms with Crippen LogP contribution in [0.1, 0.15) is 16.8 Å². The van der Waals surface area contributed by atoms with Gasteiger partial charge in [-0.15, -0.1) is 0 Å². The summed E-state index contributed by atoms with van der Waals surface area (Å²) in [6, 6.07) is 6.97. The largest absolute Gasteiger partial charge is 0.465 e. The van der Waals surface area contributed by atoms with Gasteiger partial charge in [-0.1, -0.05) is 6.07 Å². The molecule has 6 heteroatoms. The van der Waals surface area contributed by atoms with Crippen molar-refractivity contribution >= 4 is 29.3 Å². The van der Waals surface area contributed by atoms with Crippen LogP contribution in [0.25, 0.3) is 0 Å². The highest BCUT2D eigenvalue weighted by Gasteiger charge is 2.17. The van der Waals surface area contributed by atoms with Crippen molar-refractivity contribution < 1.29 is 14.3 Å². The van der Waals surface area contributed by atoms with E-state index in [0.29, 0.717) is 17.7 Å². The average molecular weight is 294 g/mol. The molecule has 0 spiro atoms. The molecule has 1 unspecified atom stereocenters. The molecule has 1 aromatic rings. The monoisotopic (exact) mass is 294 g/mol. The van der Waals surface area contributed by atoms with Gasteiger partial charge in [0.25, 0.3) is 0 Å². The maximum atomic E-state index is 12.0. The highest BCUT2D eigenvalue weighted by atomic mass is 32.2. The van der Waals surface area contributed by atoms with Gasteiger partial charge in [-0.2, -0.15) is 11.8 Å². The van der Waals surface area contributed by atoms with Crippen LogP contribution in [0.15, 0.2) is 24.3 Å². The predicted octanol–water partition coefficient (Wildman–Crippen LogP) is 1.51. The predicted molar refractivity (Wildman–Crippen MR) is 80.1 cm³/mol. The molecule has 0 aliphatic carbocycles. The molecule has 1 aliphatic rings. The van der Waals surface area contributed by atoms with Gasteiger partial charge in [0.2, 0.25) is 5.91 Å². The van der Waals surface area contributed by atoms with Crippen molar-refractivity contribution in [3.05, 3.63) is 29.8 Å². The summed E-state index contributed by atoms with van der Waals surface area (Å²) in [5.74, 6) is 1.59. The van der Waals surface area contributed by atoms with Crippen LogP contribution in [0.4, 0.5) is 5.69 Å². The third-order valence-electron chi connectivity index (χ3n) is 3.00. The first kappa shape index (κ1) is 14.9. The van der Waals surface area contributed by atoms with E-state index in [0.717, 1.165) is 18.1 Å². The van der Waals surface area contributed by atoms with Crippen LogP contribution in [-0.4, -0.2) is 43.1 Å². The molecule has 1 aromatic carbocycles. The summed E-state index contributed by atoms with van der Waals surface area (Å²) in [6.45, 7) is 0.945. The minimum Gasteiger partial charge on any atom is -0.465 e. The number of hydrogen-bond donors (Lipinski definition) is 2. The Balaban J connectivity index is 1.91. The first-order chi connectivity index (χ1) is 9.69. The van der Waals surface area contributed by atoms with Crippen molar-refractivity contribution in [1.82, 2.24) is 5.32 Å². The quantitative estimate of drug-likeness (QED) is 0.824. The summed E-state index contributed by atoms with van der Waals surface area (Å²) in [4.78, 5) is 23.4. The highest BCUT2D eigenvalue weighted by Crippen LogP contribution is 2.14. The van der Waals surface area contributed by atoms with Gasteiger partial charge < -0.3 is 15.4 Å². The number of hydrogen-bond acceptors (Lipinski definition) is 5. The number of esters is 1. The third-order valence-corrected chi connectivity index (χ3v) is 4.13. The van der Waals surface area contributed by atoms with E-state index in [1.54, 1.807) is 24.3 Å². The zero-order chi connectivity index (χ0) is 14.4. The molecule has 5 nitrogen and oxygen atoms in total. The van der Waals surface area contributed by atoms with E-state index in [2.05, 4.69) is 15.4 Å². The molecule has 0 aromatic heterocycles. The molecule has 2 rings (SSSR count). The molecule has 1 heterocycles. The zero-order valence-corrected chi connectivity index (χ0v) is 12.2. The summed E-state index contributed by atoms with van der Waals surface area (Å²) >= 11 is 1.86. The van der Waals surface area contributed by atoms with Gasteiger partial charge >= 0.3 is 5.97 Å². The molecule has 0 saturated carbocycles. The van der Waals surface area contributed by atoms with Gasteiger partial charge in [0.1, 0.15) is 0 Å². The molecule has 2 N–H and O–H groups in total. The number of nitrogens with one attached hydrogen (secondary N) is 2. The number of carbonyl (C=O) groups is 2. The maximum absolute atomic E-state index is 12.0. The molecule has 1 aliphatic heterocycles. The van der Waals surface area contributed by atoms with Crippen LogP contribution < -0.4 is 10.6 Å². The number of amides is 1. The van der Waals surface area contributed by atoms with Crippen molar-refractivity contribution in [2.75, 3.05) is 30.5 Å². The zero-order valence-electron chi connectivity index (χ0n) is 11.3.